The van der Waals surface area contributed by atoms with Crippen LogP contribution in [0.2, 0.25) is 5.02 Å². The van der Waals surface area contributed by atoms with E-state index in [0.29, 0.717) is 10.8 Å². The van der Waals surface area contributed by atoms with Gasteiger partial charge in [-0.05, 0) is 42.0 Å². The summed E-state index contributed by atoms with van der Waals surface area (Å²) in [5.41, 5.74) is 2.02. The summed E-state index contributed by atoms with van der Waals surface area (Å²) in [6.45, 7) is 0. The van der Waals surface area contributed by atoms with Gasteiger partial charge in [0.15, 0.2) is 0 Å². The van der Waals surface area contributed by atoms with Gasteiger partial charge in [0.1, 0.15) is 5.70 Å². The van der Waals surface area contributed by atoms with E-state index < -0.39 is 11.9 Å². The SMILES string of the molecule is COC(=O)C1=C(C(=O)OC)N(c2ccccc2SCc2cccc(Cl)c2)C=CC=C1. The lowest BCUT2D eigenvalue weighted by Gasteiger charge is -2.25. The zero-order valence-electron chi connectivity index (χ0n) is 16.5. The van der Waals surface area contributed by atoms with Crippen LogP contribution in [0.25, 0.3) is 0 Å². The predicted molar refractivity (Wildman–Crippen MR) is 119 cm³/mol. The van der Waals surface area contributed by atoms with E-state index in [-0.39, 0.29) is 11.3 Å². The van der Waals surface area contributed by atoms with E-state index in [1.165, 1.54) is 20.3 Å². The Bertz CT molecular complexity index is 1050. The standard InChI is InChI=1S/C23H20ClNO4S/c1-28-22(26)18-10-5-6-13-25(21(18)23(27)29-2)19-11-3-4-12-20(19)30-15-16-8-7-9-17(24)14-16/h3-14H,15H2,1-2H3. The van der Waals surface area contributed by atoms with E-state index in [0.717, 1.165) is 16.1 Å². The maximum absolute atomic E-state index is 12.6. The Kier molecular flexibility index (Phi) is 7.38. The minimum atomic E-state index is -0.638. The first kappa shape index (κ1) is 21.7. The highest BCUT2D eigenvalue weighted by Crippen LogP contribution is 2.36. The molecule has 2 aromatic carbocycles. The van der Waals surface area contributed by atoms with Gasteiger partial charge in [-0.25, -0.2) is 9.59 Å². The van der Waals surface area contributed by atoms with Crippen LogP contribution >= 0.6 is 23.4 Å². The molecule has 0 aromatic heterocycles. The Balaban J connectivity index is 2.02. The molecule has 0 amide bonds. The number of carbonyl (C=O) groups is 2. The molecule has 1 aliphatic heterocycles. The Morgan fingerprint density at radius 1 is 1.00 bits per heavy atom. The first-order valence-corrected chi connectivity index (χ1v) is 10.4. The average Bonchev–Trinajstić information content (AvgIpc) is 3.00. The fourth-order valence-corrected chi connectivity index (χ4v) is 4.12. The lowest BCUT2D eigenvalue weighted by Crippen LogP contribution is -2.27. The summed E-state index contributed by atoms with van der Waals surface area (Å²) in [7, 11) is 2.55. The zero-order chi connectivity index (χ0) is 21.5. The van der Waals surface area contributed by atoms with Crippen LogP contribution in [0.5, 0.6) is 0 Å². The molecule has 0 spiro atoms. The van der Waals surface area contributed by atoms with Crippen molar-refractivity contribution in [3.05, 3.63) is 94.8 Å². The molecule has 0 unspecified atom stereocenters. The summed E-state index contributed by atoms with van der Waals surface area (Å²) in [4.78, 5) is 27.6. The van der Waals surface area contributed by atoms with Crippen LogP contribution in [0.4, 0.5) is 5.69 Å². The van der Waals surface area contributed by atoms with Gasteiger partial charge in [0.05, 0.1) is 25.5 Å². The van der Waals surface area contributed by atoms with E-state index in [9.17, 15) is 9.59 Å². The van der Waals surface area contributed by atoms with Crippen molar-refractivity contribution in [1.82, 2.24) is 0 Å². The maximum Gasteiger partial charge on any atom is 0.355 e. The monoisotopic (exact) mass is 441 g/mol. The smallest absolute Gasteiger partial charge is 0.355 e. The molecular weight excluding hydrogens is 422 g/mol. The van der Waals surface area contributed by atoms with Gasteiger partial charge in [-0.2, -0.15) is 0 Å². The molecule has 0 saturated heterocycles. The molecule has 0 saturated carbocycles. The fourth-order valence-electron chi connectivity index (χ4n) is 2.92. The molecular formula is C23H20ClNO4S. The summed E-state index contributed by atoms with van der Waals surface area (Å²) in [5.74, 6) is -0.570. The number of thioether (sulfide) groups is 1. The van der Waals surface area contributed by atoms with E-state index in [1.807, 2.05) is 48.5 Å². The number of benzene rings is 2. The normalized spacial score (nSPS) is 13.2. The molecule has 0 aliphatic carbocycles. The van der Waals surface area contributed by atoms with Crippen LogP contribution in [0.3, 0.4) is 0 Å². The summed E-state index contributed by atoms with van der Waals surface area (Å²) in [6.07, 6.45) is 6.68. The van der Waals surface area contributed by atoms with Crippen molar-refractivity contribution >= 4 is 41.0 Å². The lowest BCUT2D eigenvalue weighted by atomic mass is 10.1. The topological polar surface area (TPSA) is 55.8 Å². The van der Waals surface area contributed by atoms with E-state index in [1.54, 1.807) is 35.0 Å². The van der Waals surface area contributed by atoms with E-state index in [4.69, 9.17) is 21.1 Å². The molecule has 2 aromatic rings. The van der Waals surface area contributed by atoms with Crippen LogP contribution in [-0.4, -0.2) is 26.2 Å². The number of hydrogen-bond donors (Lipinski definition) is 0. The molecule has 1 aliphatic rings. The summed E-state index contributed by atoms with van der Waals surface area (Å²) >= 11 is 7.69. The Morgan fingerprint density at radius 2 is 1.77 bits per heavy atom. The minimum Gasteiger partial charge on any atom is -0.465 e. The number of ether oxygens (including phenoxy) is 2. The second-order valence-electron chi connectivity index (χ2n) is 6.20. The predicted octanol–water partition coefficient (Wildman–Crippen LogP) is 5.12. The summed E-state index contributed by atoms with van der Waals surface area (Å²) in [5, 5.41) is 0.682. The van der Waals surface area contributed by atoms with Crippen LogP contribution in [0.1, 0.15) is 5.56 Å². The average molecular weight is 442 g/mol. The highest BCUT2D eigenvalue weighted by Gasteiger charge is 2.28. The first-order valence-electron chi connectivity index (χ1n) is 9.06. The molecule has 0 atom stereocenters. The molecule has 7 heteroatoms. The Hall–Kier alpha value is -2.96. The number of halogens is 1. The number of nitrogens with zero attached hydrogens (tertiary/aromatic N) is 1. The van der Waals surface area contributed by atoms with Gasteiger partial charge in [-0.1, -0.05) is 41.9 Å². The van der Waals surface area contributed by atoms with Crippen molar-refractivity contribution < 1.29 is 19.1 Å². The minimum absolute atomic E-state index is 0.0881. The van der Waals surface area contributed by atoms with Crippen molar-refractivity contribution in [2.75, 3.05) is 19.1 Å². The summed E-state index contributed by atoms with van der Waals surface area (Å²) < 4.78 is 9.84. The number of hydrogen-bond acceptors (Lipinski definition) is 6. The van der Waals surface area contributed by atoms with Crippen LogP contribution in [0, 0.1) is 0 Å². The van der Waals surface area contributed by atoms with Crippen LogP contribution < -0.4 is 4.90 Å². The third kappa shape index (κ3) is 4.96. The number of allylic oxidation sites excluding steroid dienone is 2. The number of rotatable bonds is 6. The van der Waals surface area contributed by atoms with Crippen molar-refractivity contribution in [2.24, 2.45) is 0 Å². The lowest BCUT2D eigenvalue weighted by molar-refractivity contribution is -0.139. The molecule has 5 nitrogen and oxygen atoms in total. The van der Waals surface area contributed by atoms with Crippen molar-refractivity contribution in [2.45, 2.75) is 10.6 Å². The Labute approximate surface area is 184 Å². The highest BCUT2D eigenvalue weighted by atomic mass is 35.5. The molecule has 3 rings (SSSR count). The van der Waals surface area contributed by atoms with E-state index >= 15 is 0 Å². The van der Waals surface area contributed by atoms with Gasteiger partial charge in [0.2, 0.25) is 0 Å². The number of esters is 2. The van der Waals surface area contributed by atoms with Gasteiger partial charge in [-0.3, -0.25) is 0 Å². The molecule has 0 radical (unpaired) electrons. The first-order chi connectivity index (χ1) is 14.5. The molecule has 0 N–H and O–H groups in total. The van der Waals surface area contributed by atoms with Gasteiger partial charge in [0, 0.05) is 21.9 Å². The van der Waals surface area contributed by atoms with Crippen LogP contribution in [0.15, 0.2) is 89.1 Å². The number of anilines is 1. The van der Waals surface area contributed by atoms with Gasteiger partial charge >= 0.3 is 11.9 Å². The molecule has 1 heterocycles. The molecule has 30 heavy (non-hydrogen) atoms. The van der Waals surface area contributed by atoms with Gasteiger partial charge in [0.25, 0.3) is 0 Å². The van der Waals surface area contributed by atoms with Gasteiger partial charge < -0.3 is 14.4 Å². The summed E-state index contributed by atoms with van der Waals surface area (Å²) in [6, 6.07) is 15.3. The second-order valence-corrected chi connectivity index (χ2v) is 7.66. The largest absolute Gasteiger partial charge is 0.465 e. The fraction of sp³-hybridized carbons (Fsp3) is 0.130. The number of methoxy groups -OCH3 is 2. The molecule has 154 valence electrons. The van der Waals surface area contributed by atoms with E-state index in [2.05, 4.69) is 0 Å². The van der Waals surface area contributed by atoms with Crippen molar-refractivity contribution in [3.63, 3.8) is 0 Å². The highest BCUT2D eigenvalue weighted by molar-refractivity contribution is 7.98. The van der Waals surface area contributed by atoms with Crippen molar-refractivity contribution in [1.29, 1.82) is 0 Å². The third-order valence-corrected chi connectivity index (χ3v) is 5.67. The number of para-hydroxylation sites is 1. The molecule has 0 bridgehead atoms. The number of carbonyl (C=O) groups excluding carboxylic acids is 2. The third-order valence-electron chi connectivity index (χ3n) is 4.30. The van der Waals surface area contributed by atoms with Gasteiger partial charge in [-0.15, -0.1) is 11.8 Å². The Morgan fingerprint density at radius 3 is 2.50 bits per heavy atom. The van der Waals surface area contributed by atoms with Crippen molar-refractivity contribution in [3.8, 4) is 0 Å². The quantitative estimate of drug-likeness (QED) is 0.458. The second kappa shape index (κ2) is 10.2. The van der Waals surface area contributed by atoms with Crippen LogP contribution in [-0.2, 0) is 24.8 Å². The maximum atomic E-state index is 12.6. The molecule has 0 fully saturated rings. The zero-order valence-corrected chi connectivity index (χ0v) is 18.1.